The molecule has 0 aliphatic carbocycles. The molecule has 7 heteroatoms. The highest BCUT2D eigenvalue weighted by Gasteiger charge is 2.37. The van der Waals surface area contributed by atoms with Gasteiger partial charge in [-0.2, -0.15) is 13.2 Å². The molecule has 0 saturated carbocycles. The number of carbonyl (C=O) groups is 1. The summed E-state index contributed by atoms with van der Waals surface area (Å²) in [4.78, 5) is 9.92. The maximum absolute atomic E-state index is 11.6. The number of aliphatic hydroxyl groups excluding tert-OH is 1. The third-order valence-electron chi connectivity index (χ3n) is 1.23. The van der Waals surface area contributed by atoms with Crippen molar-refractivity contribution >= 4 is 5.97 Å². The second-order valence-corrected chi connectivity index (χ2v) is 2.41. The summed E-state index contributed by atoms with van der Waals surface area (Å²) in [5, 5.41) is 18.7. The molecule has 0 spiro atoms. The van der Waals surface area contributed by atoms with E-state index in [1.165, 1.54) is 0 Å². The average Bonchev–Trinajstić information content (AvgIpc) is 1.95. The van der Waals surface area contributed by atoms with Crippen molar-refractivity contribution in [1.82, 2.24) is 5.32 Å². The number of aliphatic hydroxyl groups is 1. The van der Waals surface area contributed by atoms with Gasteiger partial charge >= 0.3 is 12.1 Å². The number of carboxylic acids is 1. The zero-order chi connectivity index (χ0) is 10.5. The van der Waals surface area contributed by atoms with Crippen LogP contribution < -0.4 is 5.32 Å². The Hall–Kier alpha value is -0.820. The Morgan fingerprint density at radius 2 is 2.00 bits per heavy atom. The van der Waals surface area contributed by atoms with Gasteiger partial charge in [-0.05, 0) is 0 Å². The third kappa shape index (κ3) is 6.35. The van der Waals surface area contributed by atoms with Crippen molar-refractivity contribution in [3.63, 3.8) is 0 Å². The van der Waals surface area contributed by atoms with Crippen LogP contribution >= 0.6 is 0 Å². The lowest BCUT2D eigenvalue weighted by molar-refractivity contribution is -0.201. The van der Waals surface area contributed by atoms with Gasteiger partial charge in [0, 0.05) is 13.1 Å². The Labute approximate surface area is 72.4 Å². The van der Waals surface area contributed by atoms with Gasteiger partial charge in [0.2, 0.25) is 0 Å². The van der Waals surface area contributed by atoms with Gasteiger partial charge in [0.05, 0.1) is 6.42 Å². The summed E-state index contributed by atoms with van der Waals surface area (Å²) in [6.07, 6.45) is -7.37. The van der Waals surface area contributed by atoms with Crippen molar-refractivity contribution < 1.29 is 28.2 Å². The topological polar surface area (TPSA) is 69.6 Å². The Morgan fingerprint density at radius 3 is 2.38 bits per heavy atom. The van der Waals surface area contributed by atoms with Crippen molar-refractivity contribution in [3.05, 3.63) is 0 Å². The summed E-state index contributed by atoms with van der Waals surface area (Å²) in [6.45, 7) is -0.779. The minimum atomic E-state index is -4.66. The van der Waals surface area contributed by atoms with E-state index in [0.717, 1.165) is 0 Å². The molecule has 0 aromatic rings. The van der Waals surface area contributed by atoms with E-state index in [-0.39, 0.29) is 13.0 Å². The Morgan fingerprint density at radius 1 is 1.46 bits per heavy atom. The van der Waals surface area contributed by atoms with E-state index in [0.29, 0.717) is 0 Å². The fourth-order valence-electron chi connectivity index (χ4n) is 0.550. The maximum Gasteiger partial charge on any atom is 0.415 e. The van der Waals surface area contributed by atoms with Crippen LogP contribution in [-0.2, 0) is 4.79 Å². The molecule has 0 aliphatic heterocycles. The van der Waals surface area contributed by atoms with Crippen molar-refractivity contribution in [2.45, 2.75) is 18.7 Å². The van der Waals surface area contributed by atoms with E-state index in [9.17, 15) is 18.0 Å². The van der Waals surface area contributed by atoms with Crippen LogP contribution in [0.5, 0.6) is 0 Å². The minimum absolute atomic E-state index is 0.0948. The van der Waals surface area contributed by atoms with Gasteiger partial charge in [0.25, 0.3) is 0 Å². The first kappa shape index (κ1) is 12.2. The first-order valence-corrected chi connectivity index (χ1v) is 3.51. The van der Waals surface area contributed by atoms with Crippen LogP contribution in [0.25, 0.3) is 0 Å². The number of carboxylic acid groups (broad SMARTS) is 1. The highest BCUT2D eigenvalue weighted by molar-refractivity contribution is 5.66. The molecule has 0 saturated heterocycles. The third-order valence-corrected chi connectivity index (χ3v) is 1.23. The molecule has 0 aliphatic rings. The summed E-state index contributed by atoms with van der Waals surface area (Å²) < 4.78 is 34.9. The largest absolute Gasteiger partial charge is 0.481 e. The monoisotopic (exact) mass is 201 g/mol. The SMILES string of the molecule is O=C(O)CCNCC(O)C(F)(F)F. The second-order valence-electron chi connectivity index (χ2n) is 2.41. The van der Waals surface area contributed by atoms with Crippen LogP contribution in [0.4, 0.5) is 13.2 Å². The van der Waals surface area contributed by atoms with Gasteiger partial charge in [0.15, 0.2) is 6.10 Å². The van der Waals surface area contributed by atoms with Crippen LogP contribution in [0, 0.1) is 0 Å². The molecular formula is C6H10F3NO3. The van der Waals surface area contributed by atoms with Gasteiger partial charge in [-0.3, -0.25) is 4.79 Å². The Bertz CT molecular complexity index is 171. The highest BCUT2D eigenvalue weighted by atomic mass is 19.4. The number of nitrogens with one attached hydrogen (secondary N) is 1. The zero-order valence-electron chi connectivity index (χ0n) is 6.64. The molecule has 1 atom stereocenters. The highest BCUT2D eigenvalue weighted by Crippen LogP contribution is 2.18. The molecule has 0 heterocycles. The summed E-state index contributed by atoms with van der Waals surface area (Å²) >= 11 is 0. The van der Waals surface area contributed by atoms with Crippen molar-refractivity contribution in [1.29, 1.82) is 0 Å². The summed E-state index contributed by atoms with van der Waals surface area (Å²) in [5.41, 5.74) is 0. The van der Waals surface area contributed by atoms with E-state index in [1.807, 2.05) is 0 Å². The van der Waals surface area contributed by atoms with Gasteiger partial charge < -0.3 is 15.5 Å². The minimum Gasteiger partial charge on any atom is -0.481 e. The van der Waals surface area contributed by atoms with Gasteiger partial charge in [-0.1, -0.05) is 0 Å². The quantitative estimate of drug-likeness (QED) is 0.546. The van der Waals surface area contributed by atoms with Gasteiger partial charge in [-0.25, -0.2) is 0 Å². The van der Waals surface area contributed by atoms with Crippen LogP contribution in [-0.4, -0.2) is 41.6 Å². The summed E-state index contributed by atoms with van der Waals surface area (Å²) in [6, 6.07) is 0. The van der Waals surface area contributed by atoms with Crippen molar-refractivity contribution in [2.75, 3.05) is 13.1 Å². The molecule has 3 N–H and O–H groups in total. The number of hydrogen-bond donors (Lipinski definition) is 3. The normalized spacial score (nSPS) is 14.2. The predicted octanol–water partition coefficient (Wildman–Crippen LogP) is -0.0261. The summed E-state index contributed by atoms with van der Waals surface area (Å²) in [5.74, 6) is -1.10. The van der Waals surface area contributed by atoms with Crippen LogP contribution in [0.2, 0.25) is 0 Å². The van der Waals surface area contributed by atoms with Crippen molar-refractivity contribution in [2.24, 2.45) is 0 Å². The average molecular weight is 201 g/mol. The number of hydrogen-bond acceptors (Lipinski definition) is 3. The van der Waals surface area contributed by atoms with Crippen LogP contribution in [0.1, 0.15) is 6.42 Å². The lowest BCUT2D eigenvalue weighted by Crippen LogP contribution is -2.38. The lowest BCUT2D eigenvalue weighted by Gasteiger charge is -2.14. The van der Waals surface area contributed by atoms with E-state index in [2.05, 4.69) is 5.32 Å². The predicted molar refractivity (Wildman–Crippen MR) is 37.2 cm³/mol. The molecule has 4 nitrogen and oxygen atoms in total. The zero-order valence-corrected chi connectivity index (χ0v) is 6.64. The van der Waals surface area contributed by atoms with Gasteiger partial charge in [-0.15, -0.1) is 0 Å². The molecule has 1 unspecified atom stereocenters. The lowest BCUT2D eigenvalue weighted by atomic mass is 10.3. The smallest absolute Gasteiger partial charge is 0.415 e. The number of rotatable bonds is 5. The molecule has 0 rings (SSSR count). The van der Waals surface area contributed by atoms with Crippen LogP contribution in [0.3, 0.4) is 0 Å². The fourth-order valence-corrected chi connectivity index (χ4v) is 0.550. The Kier molecular flexibility index (Phi) is 4.71. The number of halogens is 3. The standard InChI is InChI=1S/C6H10F3NO3/c7-6(8,9)4(11)3-10-2-1-5(12)13/h4,10-11H,1-3H2,(H,12,13). The van der Waals surface area contributed by atoms with Gasteiger partial charge in [0.1, 0.15) is 0 Å². The molecule has 13 heavy (non-hydrogen) atoms. The maximum atomic E-state index is 11.6. The molecule has 0 aromatic carbocycles. The second kappa shape index (κ2) is 5.03. The molecular weight excluding hydrogens is 191 g/mol. The molecule has 0 aromatic heterocycles. The molecule has 0 bridgehead atoms. The Balaban J connectivity index is 3.49. The molecule has 0 fully saturated rings. The van der Waals surface area contributed by atoms with Crippen LogP contribution in [0.15, 0.2) is 0 Å². The summed E-state index contributed by atoms with van der Waals surface area (Å²) in [7, 11) is 0. The van der Waals surface area contributed by atoms with E-state index in [4.69, 9.17) is 10.2 Å². The van der Waals surface area contributed by atoms with E-state index < -0.39 is 24.8 Å². The molecule has 0 amide bonds. The number of aliphatic carboxylic acids is 1. The van der Waals surface area contributed by atoms with E-state index >= 15 is 0 Å². The fraction of sp³-hybridized carbons (Fsp3) is 0.833. The molecule has 0 radical (unpaired) electrons. The van der Waals surface area contributed by atoms with E-state index in [1.54, 1.807) is 0 Å². The molecule has 78 valence electrons. The first-order valence-electron chi connectivity index (χ1n) is 3.51. The van der Waals surface area contributed by atoms with Crippen molar-refractivity contribution in [3.8, 4) is 0 Å². The first-order chi connectivity index (χ1) is 5.84. The number of alkyl halides is 3.